The number of thiazole rings is 1. The van der Waals surface area contributed by atoms with Crippen LogP contribution in [0.5, 0.6) is 0 Å². The maximum absolute atomic E-state index is 12.6. The third-order valence-electron chi connectivity index (χ3n) is 2.57. The van der Waals surface area contributed by atoms with Crippen LogP contribution in [-0.4, -0.2) is 16.6 Å². The summed E-state index contributed by atoms with van der Waals surface area (Å²) < 4.78 is 37.8. The summed E-state index contributed by atoms with van der Waals surface area (Å²) in [5.41, 5.74) is 0.0645. The molecular formula is C13H9ClF3NOS. The van der Waals surface area contributed by atoms with Gasteiger partial charge in [-0.3, -0.25) is 4.79 Å². The first-order chi connectivity index (χ1) is 9.40. The van der Waals surface area contributed by atoms with Gasteiger partial charge in [0, 0.05) is 11.8 Å². The molecule has 0 aliphatic heterocycles. The van der Waals surface area contributed by atoms with Gasteiger partial charge in [-0.1, -0.05) is 18.2 Å². The Balaban J connectivity index is 2.18. The Kier molecular flexibility index (Phi) is 4.45. The van der Waals surface area contributed by atoms with Crippen molar-refractivity contribution >= 4 is 28.7 Å². The molecule has 0 aliphatic carbocycles. The Labute approximate surface area is 122 Å². The van der Waals surface area contributed by atoms with Crippen LogP contribution >= 0.6 is 22.9 Å². The number of hydrogen-bond acceptors (Lipinski definition) is 3. The lowest BCUT2D eigenvalue weighted by molar-refractivity contribution is -0.137. The summed E-state index contributed by atoms with van der Waals surface area (Å²) >= 11 is 6.65. The van der Waals surface area contributed by atoms with Crippen molar-refractivity contribution in [2.75, 3.05) is 5.88 Å². The summed E-state index contributed by atoms with van der Waals surface area (Å²) in [6, 6.07) is 5.06. The molecule has 0 spiro atoms. The molecule has 20 heavy (non-hydrogen) atoms. The average molecular weight is 320 g/mol. The van der Waals surface area contributed by atoms with Crippen LogP contribution in [0.3, 0.4) is 0 Å². The van der Waals surface area contributed by atoms with E-state index < -0.39 is 11.7 Å². The molecule has 1 aromatic heterocycles. The monoisotopic (exact) mass is 319 g/mol. The molecule has 1 aromatic carbocycles. The summed E-state index contributed by atoms with van der Waals surface area (Å²) in [5.74, 6) is -0.453. The van der Waals surface area contributed by atoms with E-state index in [2.05, 4.69) is 4.98 Å². The lowest BCUT2D eigenvalue weighted by atomic mass is 10.1. The van der Waals surface area contributed by atoms with Gasteiger partial charge in [0.25, 0.3) is 0 Å². The molecule has 0 unspecified atom stereocenters. The van der Waals surface area contributed by atoms with Gasteiger partial charge in [-0.15, -0.1) is 22.9 Å². The van der Waals surface area contributed by atoms with Gasteiger partial charge in [-0.2, -0.15) is 13.2 Å². The molecule has 0 saturated carbocycles. The van der Waals surface area contributed by atoms with E-state index in [9.17, 15) is 18.0 Å². The average Bonchev–Trinajstić information content (AvgIpc) is 2.85. The third kappa shape index (κ3) is 3.58. The minimum absolute atomic E-state index is 0.160. The molecule has 106 valence electrons. The summed E-state index contributed by atoms with van der Waals surface area (Å²) in [6.07, 6.45) is -4.11. The summed E-state index contributed by atoms with van der Waals surface area (Å²) in [7, 11) is 0. The first kappa shape index (κ1) is 15.0. The number of hydrogen-bond donors (Lipinski definition) is 0. The zero-order chi connectivity index (χ0) is 14.8. The van der Waals surface area contributed by atoms with Crippen LogP contribution < -0.4 is 0 Å². The quantitative estimate of drug-likeness (QED) is 0.625. The predicted octanol–water partition coefficient (Wildman–Crippen LogP) is 4.17. The fraction of sp³-hybridized carbons (Fsp3) is 0.231. The standard InChI is InChI=1S/C13H9ClF3NOS/c14-6-11(19)10-7-20-12(18-10)5-8-2-1-3-9(4-8)13(15,16)17/h1-4,7H,5-6H2. The maximum Gasteiger partial charge on any atom is 0.416 e. The number of halogens is 4. The van der Waals surface area contributed by atoms with Crippen LogP contribution in [0, 0.1) is 0 Å². The van der Waals surface area contributed by atoms with Crippen molar-refractivity contribution in [2.45, 2.75) is 12.6 Å². The van der Waals surface area contributed by atoms with E-state index in [-0.39, 0.29) is 23.8 Å². The molecule has 0 saturated heterocycles. The van der Waals surface area contributed by atoms with Crippen LogP contribution in [0.15, 0.2) is 29.6 Å². The highest BCUT2D eigenvalue weighted by Gasteiger charge is 2.30. The molecule has 0 amide bonds. The Morgan fingerprint density at radius 2 is 2.10 bits per heavy atom. The number of benzene rings is 1. The van der Waals surface area contributed by atoms with Crippen LogP contribution in [0.2, 0.25) is 0 Å². The van der Waals surface area contributed by atoms with Crippen molar-refractivity contribution in [3.8, 4) is 0 Å². The number of rotatable bonds is 4. The SMILES string of the molecule is O=C(CCl)c1csc(Cc2cccc(C(F)(F)F)c2)n1. The first-order valence-electron chi connectivity index (χ1n) is 5.60. The van der Waals surface area contributed by atoms with E-state index in [1.54, 1.807) is 11.4 Å². The lowest BCUT2D eigenvalue weighted by Crippen LogP contribution is -2.05. The maximum atomic E-state index is 12.6. The Morgan fingerprint density at radius 1 is 1.35 bits per heavy atom. The highest BCUT2D eigenvalue weighted by molar-refractivity contribution is 7.09. The van der Waals surface area contributed by atoms with Crippen LogP contribution in [-0.2, 0) is 12.6 Å². The highest BCUT2D eigenvalue weighted by Crippen LogP contribution is 2.30. The van der Waals surface area contributed by atoms with Gasteiger partial charge in [0.05, 0.1) is 16.5 Å². The highest BCUT2D eigenvalue weighted by atomic mass is 35.5. The normalized spacial score (nSPS) is 11.6. The van der Waals surface area contributed by atoms with Crippen LogP contribution in [0.4, 0.5) is 13.2 Å². The van der Waals surface area contributed by atoms with E-state index in [0.717, 1.165) is 12.1 Å². The van der Waals surface area contributed by atoms with Gasteiger partial charge in [0.1, 0.15) is 5.69 Å². The molecule has 2 aromatic rings. The lowest BCUT2D eigenvalue weighted by Gasteiger charge is -2.07. The van der Waals surface area contributed by atoms with E-state index >= 15 is 0 Å². The van der Waals surface area contributed by atoms with Crippen LogP contribution in [0.1, 0.15) is 26.6 Å². The molecule has 2 nitrogen and oxygen atoms in total. The Hall–Kier alpha value is -1.40. The Morgan fingerprint density at radius 3 is 2.75 bits per heavy atom. The van der Waals surface area contributed by atoms with Gasteiger partial charge in [-0.05, 0) is 11.6 Å². The van der Waals surface area contributed by atoms with Gasteiger partial charge >= 0.3 is 6.18 Å². The second-order valence-corrected chi connectivity index (χ2v) is 5.27. The van der Waals surface area contributed by atoms with Crippen molar-refractivity contribution in [3.05, 3.63) is 51.5 Å². The number of carbonyl (C=O) groups is 1. The number of nitrogens with zero attached hydrogens (tertiary/aromatic N) is 1. The third-order valence-corrected chi connectivity index (χ3v) is 3.66. The molecule has 0 radical (unpaired) electrons. The van der Waals surface area contributed by atoms with Crippen molar-refractivity contribution < 1.29 is 18.0 Å². The molecular weight excluding hydrogens is 311 g/mol. The Bertz CT molecular complexity index is 624. The van der Waals surface area contributed by atoms with Crippen molar-refractivity contribution in [1.29, 1.82) is 0 Å². The largest absolute Gasteiger partial charge is 0.416 e. The summed E-state index contributed by atoms with van der Waals surface area (Å²) in [4.78, 5) is 15.4. The zero-order valence-corrected chi connectivity index (χ0v) is 11.6. The molecule has 2 rings (SSSR count). The van der Waals surface area contributed by atoms with Crippen molar-refractivity contribution in [3.63, 3.8) is 0 Å². The minimum atomic E-state index is -4.36. The number of Topliss-reactive ketones (excluding diaryl/α,β-unsaturated/α-hetero) is 1. The minimum Gasteiger partial charge on any atom is -0.291 e. The van der Waals surface area contributed by atoms with Crippen molar-refractivity contribution in [2.24, 2.45) is 0 Å². The predicted molar refractivity (Wildman–Crippen MR) is 71.4 cm³/mol. The molecule has 1 heterocycles. The molecule has 0 N–H and O–H groups in total. The van der Waals surface area contributed by atoms with Gasteiger partial charge < -0.3 is 0 Å². The van der Waals surface area contributed by atoms with Gasteiger partial charge in [0.2, 0.25) is 0 Å². The van der Waals surface area contributed by atoms with E-state index in [4.69, 9.17) is 11.6 Å². The first-order valence-corrected chi connectivity index (χ1v) is 7.01. The van der Waals surface area contributed by atoms with Crippen molar-refractivity contribution in [1.82, 2.24) is 4.98 Å². The molecule has 0 atom stereocenters. The summed E-state index contributed by atoms with van der Waals surface area (Å²) in [5, 5.41) is 2.14. The molecule has 7 heteroatoms. The molecule has 0 aliphatic rings. The topological polar surface area (TPSA) is 30.0 Å². The van der Waals surface area contributed by atoms with E-state index in [1.165, 1.54) is 17.4 Å². The fourth-order valence-corrected chi connectivity index (χ4v) is 2.59. The zero-order valence-electron chi connectivity index (χ0n) is 10.1. The summed E-state index contributed by atoms with van der Waals surface area (Å²) in [6.45, 7) is 0. The second kappa shape index (κ2) is 5.93. The fourth-order valence-electron chi connectivity index (χ4n) is 1.62. The number of aromatic nitrogens is 1. The van der Waals surface area contributed by atoms with Gasteiger partial charge in [0.15, 0.2) is 5.78 Å². The molecule has 0 fully saturated rings. The van der Waals surface area contributed by atoms with Crippen LogP contribution in [0.25, 0.3) is 0 Å². The number of alkyl halides is 4. The number of carbonyl (C=O) groups excluding carboxylic acids is 1. The number of ketones is 1. The smallest absolute Gasteiger partial charge is 0.291 e. The second-order valence-electron chi connectivity index (χ2n) is 4.06. The van der Waals surface area contributed by atoms with E-state index in [1.807, 2.05) is 0 Å². The van der Waals surface area contributed by atoms with E-state index in [0.29, 0.717) is 10.6 Å². The molecule has 0 bridgehead atoms. The van der Waals surface area contributed by atoms with Gasteiger partial charge in [-0.25, -0.2) is 4.98 Å².